The van der Waals surface area contributed by atoms with Crippen molar-refractivity contribution in [2.45, 2.75) is 64.7 Å². The second-order valence-electron chi connectivity index (χ2n) is 5.84. The molecule has 5 heteroatoms. The van der Waals surface area contributed by atoms with Crippen molar-refractivity contribution in [3.63, 3.8) is 0 Å². The topological polar surface area (TPSA) is 82.0 Å². The Morgan fingerprint density at radius 1 is 1.05 bits per heavy atom. The van der Waals surface area contributed by atoms with Gasteiger partial charge in [-0.05, 0) is 18.8 Å². The van der Waals surface area contributed by atoms with E-state index in [1.807, 2.05) is 0 Å². The molecule has 22 heavy (non-hydrogen) atoms. The maximum absolute atomic E-state index is 11.4. The molecule has 0 rings (SSSR count). The van der Waals surface area contributed by atoms with Crippen LogP contribution < -0.4 is 10.6 Å². The molecule has 0 spiro atoms. The predicted octanol–water partition coefficient (Wildman–Crippen LogP) is 2.77. The quantitative estimate of drug-likeness (QED) is 0.544. The van der Waals surface area contributed by atoms with Crippen LogP contribution in [0.3, 0.4) is 0 Å². The Morgan fingerprint density at radius 2 is 1.68 bits per heavy atom. The largest absolute Gasteiger partial charge is 0.359 e. The van der Waals surface area contributed by atoms with Gasteiger partial charge in [0.1, 0.15) is 0 Å². The fourth-order valence-corrected chi connectivity index (χ4v) is 2.60. The maximum atomic E-state index is 11.4. The van der Waals surface area contributed by atoms with E-state index >= 15 is 0 Å². The molecule has 0 radical (unpaired) electrons. The number of nitriles is 1. The summed E-state index contributed by atoms with van der Waals surface area (Å²) in [7, 11) is 3.27. The first-order valence-electron chi connectivity index (χ1n) is 8.38. The van der Waals surface area contributed by atoms with Crippen LogP contribution in [-0.4, -0.2) is 25.9 Å². The van der Waals surface area contributed by atoms with E-state index in [1.54, 1.807) is 14.1 Å². The highest BCUT2D eigenvalue weighted by Crippen LogP contribution is 2.23. The molecule has 5 nitrogen and oxygen atoms in total. The number of carbonyl (C=O) groups excluding carboxylic acids is 2. The smallest absolute Gasteiger partial charge is 0.221 e. The van der Waals surface area contributed by atoms with Crippen molar-refractivity contribution in [1.29, 1.82) is 5.26 Å². The number of amides is 2. The molecule has 0 saturated heterocycles. The van der Waals surface area contributed by atoms with E-state index < -0.39 is 0 Å². The molecule has 0 fully saturated rings. The lowest BCUT2D eigenvalue weighted by Gasteiger charge is -2.17. The molecule has 126 valence electrons. The van der Waals surface area contributed by atoms with Crippen molar-refractivity contribution in [3.05, 3.63) is 0 Å². The number of unbranched alkanes of at least 4 members (excludes halogenated alkanes) is 3. The molecule has 0 aromatic heterocycles. The van der Waals surface area contributed by atoms with Crippen LogP contribution >= 0.6 is 0 Å². The van der Waals surface area contributed by atoms with E-state index in [4.69, 9.17) is 5.26 Å². The first-order valence-corrected chi connectivity index (χ1v) is 8.38. The standard InChI is InChI=1S/C17H31N3O2/c1-4-14(11-15(13-18)12-17(22)20-3)9-7-5-6-8-10-16(21)19-2/h14-15H,4-12H2,1-3H3,(H,19,21)(H,20,22). The third-order valence-corrected chi connectivity index (χ3v) is 4.13. The zero-order chi connectivity index (χ0) is 16.8. The summed E-state index contributed by atoms with van der Waals surface area (Å²) in [5.41, 5.74) is 0. The van der Waals surface area contributed by atoms with Crippen LogP contribution in [-0.2, 0) is 9.59 Å². The van der Waals surface area contributed by atoms with Gasteiger partial charge in [-0.1, -0.05) is 39.0 Å². The minimum absolute atomic E-state index is 0.0596. The average Bonchev–Trinajstić information content (AvgIpc) is 2.54. The van der Waals surface area contributed by atoms with Gasteiger partial charge in [0.05, 0.1) is 12.0 Å². The highest BCUT2D eigenvalue weighted by Gasteiger charge is 2.17. The van der Waals surface area contributed by atoms with E-state index in [0.717, 1.165) is 44.9 Å². The summed E-state index contributed by atoms with van der Waals surface area (Å²) in [5, 5.41) is 14.4. The molecule has 0 aromatic rings. The van der Waals surface area contributed by atoms with Crippen LogP contribution in [0, 0.1) is 23.2 Å². The molecule has 0 aliphatic rings. The number of hydrogen-bond donors (Lipinski definition) is 2. The minimum Gasteiger partial charge on any atom is -0.359 e. The normalized spacial score (nSPS) is 13.0. The van der Waals surface area contributed by atoms with Gasteiger partial charge in [0.15, 0.2) is 0 Å². The molecule has 0 aliphatic heterocycles. The average molecular weight is 309 g/mol. The van der Waals surface area contributed by atoms with Crippen molar-refractivity contribution in [1.82, 2.24) is 10.6 Å². The number of hydrogen-bond acceptors (Lipinski definition) is 3. The first-order chi connectivity index (χ1) is 10.6. The second kappa shape index (κ2) is 13.1. The predicted molar refractivity (Wildman–Crippen MR) is 88.0 cm³/mol. The Kier molecular flexibility index (Phi) is 12.2. The van der Waals surface area contributed by atoms with Crippen molar-refractivity contribution >= 4 is 11.8 Å². The fraction of sp³-hybridized carbons (Fsp3) is 0.824. The third kappa shape index (κ3) is 10.2. The van der Waals surface area contributed by atoms with Crippen LogP contribution in [0.4, 0.5) is 0 Å². The highest BCUT2D eigenvalue weighted by molar-refractivity contribution is 5.76. The fourth-order valence-electron chi connectivity index (χ4n) is 2.60. The molecular weight excluding hydrogens is 278 g/mol. The Bertz CT molecular complexity index is 363. The molecule has 2 amide bonds. The van der Waals surface area contributed by atoms with Gasteiger partial charge in [-0.3, -0.25) is 9.59 Å². The van der Waals surface area contributed by atoms with Crippen LogP contribution in [0.2, 0.25) is 0 Å². The Labute approximate surface area is 134 Å². The van der Waals surface area contributed by atoms with E-state index in [1.165, 1.54) is 0 Å². The third-order valence-electron chi connectivity index (χ3n) is 4.13. The zero-order valence-electron chi connectivity index (χ0n) is 14.3. The van der Waals surface area contributed by atoms with Gasteiger partial charge in [-0.25, -0.2) is 0 Å². The van der Waals surface area contributed by atoms with E-state index in [0.29, 0.717) is 18.8 Å². The lowest BCUT2D eigenvalue weighted by molar-refractivity contribution is -0.121. The second-order valence-corrected chi connectivity index (χ2v) is 5.84. The zero-order valence-corrected chi connectivity index (χ0v) is 14.3. The molecule has 2 N–H and O–H groups in total. The van der Waals surface area contributed by atoms with Gasteiger partial charge in [0.2, 0.25) is 11.8 Å². The van der Waals surface area contributed by atoms with E-state index in [2.05, 4.69) is 23.6 Å². The van der Waals surface area contributed by atoms with Crippen LogP contribution in [0.1, 0.15) is 64.7 Å². The number of nitrogens with one attached hydrogen (secondary N) is 2. The lowest BCUT2D eigenvalue weighted by Crippen LogP contribution is -2.22. The van der Waals surface area contributed by atoms with Crippen molar-refractivity contribution in [2.75, 3.05) is 14.1 Å². The molecule has 0 saturated carbocycles. The number of nitrogens with zero attached hydrogens (tertiary/aromatic N) is 1. The summed E-state index contributed by atoms with van der Waals surface area (Å²) in [6.45, 7) is 2.14. The summed E-state index contributed by atoms with van der Waals surface area (Å²) in [6.07, 6.45) is 8.12. The molecule has 0 bridgehead atoms. The van der Waals surface area contributed by atoms with Gasteiger partial charge >= 0.3 is 0 Å². The summed E-state index contributed by atoms with van der Waals surface area (Å²) in [4.78, 5) is 22.5. The number of carbonyl (C=O) groups is 2. The minimum atomic E-state index is -0.182. The Hall–Kier alpha value is -1.57. The van der Waals surface area contributed by atoms with Gasteiger partial charge < -0.3 is 10.6 Å². The van der Waals surface area contributed by atoms with Crippen molar-refractivity contribution < 1.29 is 9.59 Å². The molecule has 0 aromatic carbocycles. The van der Waals surface area contributed by atoms with Crippen LogP contribution in [0.15, 0.2) is 0 Å². The Morgan fingerprint density at radius 3 is 2.23 bits per heavy atom. The van der Waals surface area contributed by atoms with Gasteiger partial charge in [0, 0.05) is 26.9 Å². The first kappa shape index (κ1) is 20.4. The van der Waals surface area contributed by atoms with Gasteiger partial charge in [-0.2, -0.15) is 5.26 Å². The molecule has 2 unspecified atom stereocenters. The van der Waals surface area contributed by atoms with Crippen LogP contribution in [0.25, 0.3) is 0 Å². The van der Waals surface area contributed by atoms with Gasteiger partial charge in [0.25, 0.3) is 0 Å². The molecular formula is C17H31N3O2. The van der Waals surface area contributed by atoms with Crippen molar-refractivity contribution in [3.8, 4) is 6.07 Å². The highest BCUT2D eigenvalue weighted by atomic mass is 16.2. The maximum Gasteiger partial charge on any atom is 0.221 e. The van der Waals surface area contributed by atoms with Crippen molar-refractivity contribution in [2.24, 2.45) is 11.8 Å². The summed E-state index contributed by atoms with van der Waals surface area (Å²) in [5.74, 6) is 0.375. The monoisotopic (exact) mass is 309 g/mol. The molecule has 2 atom stereocenters. The van der Waals surface area contributed by atoms with Crippen LogP contribution in [0.5, 0.6) is 0 Å². The molecule has 0 heterocycles. The summed E-state index contributed by atoms with van der Waals surface area (Å²) < 4.78 is 0. The van der Waals surface area contributed by atoms with E-state index in [9.17, 15) is 9.59 Å². The Balaban J connectivity index is 3.88. The summed E-state index contributed by atoms with van der Waals surface area (Å²) >= 11 is 0. The lowest BCUT2D eigenvalue weighted by atomic mass is 9.87. The van der Waals surface area contributed by atoms with Gasteiger partial charge in [-0.15, -0.1) is 0 Å². The van der Waals surface area contributed by atoms with E-state index in [-0.39, 0.29) is 17.7 Å². The molecule has 0 aliphatic carbocycles. The number of rotatable bonds is 12. The summed E-state index contributed by atoms with van der Waals surface area (Å²) in [6, 6.07) is 2.26. The SMILES string of the molecule is CCC(CCCCCCC(=O)NC)CC(C#N)CC(=O)NC.